The molecule has 1 saturated heterocycles. The molecule has 2 heteroatoms. The van der Waals surface area contributed by atoms with Crippen molar-refractivity contribution in [3.63, 3.8) is 0 Å². The maximum Gasteiger partial charge on any atom is 0.0359 e. The topological polar surface area (TPSA) is 29.3 Å². The van der Waals surface area contributed by atoms with Crippen molar-refractivity contribution in [3.05, 3.63) is 29.8 Å². The molecule has 2 N–H and O–H groups in total. The average molecular weight is 218 g/mol. The van der Waals surface area contributed by atoms with Crippen LogP contribution in [0.1, 0.15) is 37.7 Å². The number of anilines is 1. The van der Waals surface area contributed by atoms with E-state index in [1.165, 1.54) is 50.8 Å². The maximum absolute atomic E-state index is 5.98. The van der Waals surface area contributed by atoms with Gasteiger partial charge in [0.05, 0.1) is 0 Å². The van der Waals surface area contributed by atoms with E-state index >= 15 is 0 Å². The molecule has 1 heterocycles. The highest BCUT2D eigenvalue weighted by atomic mass is 15.1. The number of hydrogen-bond donors (Lipinski definition) is 1. The van der Waals surface area contributed by atoms with Gasteiger partial charge in [0.25, 0.3) is 0 Å². The van der Waals surface area contributed by atoms with Crippen molar-refractivity contribution in [2.24, 2.45) is 0 Å². The molecule has 0 aliphatic carbocycles. The summed E-state index contributed by atoms with van der Waals surface area (Å²) < 4.78 is 0. The Morgan fingerprint density at radius 3 is 2.25 bits per heavy atom. The summed E-state index contributed by atoms with van der Waals surface area (Å²) in [6, 6.07) is 8.23. The Balaban J connectivity index is 1.94. The van der Waals surface area contributed by atoms with Crippen molar-refractivity contribution in [2.75, 3.05) is 18.8 Å². The molecule has 16 heavy (non-hydrogen) atoms. The van der Waals surface area contributed by atoms with Crippen molar-refractivity contribution in [1.82, 2.24) is 4.90 Å². The first-order valence-corrected chi connectivity index (χ1v) is 6.42. The lowest BCUT2D eigenvalue weighted by molar-refractivity contribution is 0.240. The Kier molecular flexibility index (Phi) is 4.23. The van der Waals surface area contributed by atoms with Crippen molar-refractivity contribution in [1.29, 1.82) is 0 Å². The monoisotopic (exact) mass is 218 g/mol. The first-order valence-electron chi connectivity index (χ1n) is 6.42. The summed E-state index contributed by atoms with van der Waals surface area (Å²) in [5.74, 6) is 0. The molecule has 1 aromatic rings. The van der Waals surface area contributed by atoms with E-state index in [4.69, 9.17) is 5.73 Å². The van der Waals surface area contributed by atoms with Crippen LogP contribution >= 0.6 is 0 Å². The van der Waals surface area contributed by atoms with Crippen molar-refractivity contribution < 1.29 is 0 Å². The summed E-state index contributed by atoms with van der Waals surface area (Å²) in [7, 11) is 0. The van der Waals surface area contributed by atoms with Crippen LogP contribution in [0.4, 0.5) is 5.69 Å². The van der Waals surface area contributed by atoms with E-state index in [1.807, 2.05) is 12.1 Å². The molecule has 0 amide bonds. The molecule has 88 valence electrons. The number of likely N-dealkylation sites (tertiary alicyclic amines) is 1. The summed E-state index contributed by atoms with van der Waals surface area (Å²) in [6.45, 7) is 3.48. The Bertz CT molecular complexity index is 314. The van der Waals surface area contributed by atoms with Crippen LogP contribution in [0.5, 0.6) is 0 Å². The minimum absolute atomic E-state index is 0.935. The number of rotatable bonds is 2. The fraction of sp³-hybridized carbons (Fsp3) is 0.571. The minimum atomic E-state index is 0.935. The molecule has 0 radical (unpaired) electrons. The van der Waals surface area contributed by atoms with Gasteiger partial charge in [-0.1, -0.05) is 37.5 Å². The van der Waals surface area contributed by atoms with E-state index in [9.17, 15) is 0 Å². The number of nitrogen functional groups attached to an aromatic ring is 1. The molecule has 0 aromatic heterocycles. The Morgan fingerprint density at radius 1 is 0.938 bits per heavy atom. The van der Waals surface area contributed by atoms with Gasteiger partial charge in [-0.2, -0.15) is 0 Å². The highest BCUT2D eigenvalue weighted by Crippen LogP contribution is 2.16. The van der Waals surface area contributed by atoms with Gasteiger partial charge in [-0.25, -0.2) is 0 Å². The van der Waals surface area contributed by atoms with Gasteiger partial charge in [-0.3, -0.25) is 4.90 Å². The van der Waals surface area contributed by atoms with Crippen molar-refractivity contribution >= 4 is 5.69 Å². The quantitative estimate of drug-likeness (QED) is 0.773. The summed E-state index contributed by atoms with van der Waals surface area (Å²) in [4.78, 5) is 2.55. The number of nitrogens with zero attached hydrogens (tertiary/aromatic N) is 1. The van der Waals surface area contributed by atoms with E-state index in [-0.39, 0.29) is 0 Å². The Hall–Kier alpha value is -1.02. The highest BCUT2D eigenvalue weighted by Gasteiger charge is 2.09. The standard InChI is InChI=1S/C14H22N2/c15-14-9-5-4-8-13(14)12-16-10-6-2-1-3-7-11-16/h4-5,8-9H,1-3,6-7,10-12,15H2. The molecule has 1 aliphatic rings. The summed E-state index contributed by atoms with van der Waals surface area (Å²) in [5, 5.41) is 0. The molecular formula is C14H22N2. The van der Waals surface area contributed by atoms with Crippen molar-refractivity contribution in [2.45, 2.75) is 38.6 Å². The number of nitrogens with two attached hydrogens (primary N) is 1. The molecule has 1 aromatic carbocycles. The second kappa shape index (κ2) is 5.90. The fourth-order valence-electron chi connectivity index (χ4n) is 2.39. The zero-order valence-corrected chi connectivity index (χ0v) is 9.99. The van der Waals surface area contributed by atoms with Gasteiger partial charge in [-0.05, 0) is 37.6 Å². The summed E-state index contributed by atoms with van der Waals surface area (Å²) >= 11 is 0. The average Bonchev–Trinajstić information content (AvgIpc) is 2.24. The third kappa shape index (κ3) is 3.24. The first kappa shape index (κ1) is 11.5. The molecule has 2 nitrogen and oxygen atoms in total. The number of para-hydroxylation sites is 1. The Morgan fingerprint density at radius 2 is 1.56 bits per heavy atom. The molecular weight excluding hydrogens is 196 g/mol. The van der Waals surface area contributed by atoms with Gasteiger partial charge in [0.1, 0.15) is 0 Å². The second-order valence-electron chi connectivity index (χ2n) is 4.74. The number of hydrogen-bond acceptors (Lipinski definition) is 2. The summed E-state index contributed by atoms with van der Waals surface area (Å²) in [6.07, 6.45) is 6.88. The normalized spacial score (nSPS) is 19.0. The minimum Gasteiger partial charge on any atom is -0.398 e. The summed E-state index contributed by atoms with van der Waals surface area (Å²) in [5.41, 5.74) is 8.20. The van der Waals surface area contributed by atoms with Gasteiger partial charge in [0.2, 0.25) is 0 Å². The zero-order valence-electron chi connectivity index (χ0n) is 9.99. The predicted octanol–water partition coefficient (Wildman–Crippen LogP) is 3.03. The van der Waals surface area contributed by atoms with E-state index in [1.54, 1.807) is 0 Å². The van der Waals surface area contributed by atoms with Gasteiger partial charge in [0, 0.05) is 12.2 Å². The smallest absolute Gasteiger partial charge is 0.0359 e. The van der Waals surface area contributed by atoms with E-state index in [0.29, 0.717) is 0 Å². The first-order chi connectivity index (χ1) is 7.86. The van der Waals surface area contributed by atoms with Crippen LogP contribution < -0.4 is 5.73 Å². The van der Waals surface area contributed by atoms with Gasteiger partial charge in [-0.15, -0.1) is 0 Å². The maximum atomic E-state index is 5.98. The van der Waals surface area contributed by atoms with Crippen LogP contribution in [-0.4, -0.2) is 18.0 Å². The molecule has 0 spiro atoms. The molecule has 1 fully saturated rings. The van der Waals surface area contributed by atoms with E-state index < -0.39 is 0 Å². The third-order valence-electron chi connectivity index (χ3n) is 3.40. The van der Waals surface area contributed by atoms with Gasteiger partial charge >= 0.3 is 0 Å². The van der Waals surface area contributed by atoms with Crippen LogP contribution in [0.15, 0.2) is 24.3 Å². The Labute approximate surface area is 98.4 Å². The van der Waals surface area contributed by atoms with Gasteiger partial charge < -0.3 is 5.73 Å². The fourth-order valence-corrected chi connectivity index (χ4v) is 2.39. The van der Waals surface area contributed by atoms with Crippen LogP contribution in [0.3, 0.4) is 0 Å². The molecule has 1 aliphatic heterocycles. The molecule has 0 saturated carbocycles. The molecule has 0 bridgehead atoms. The largest absolute Gasteiger partial charge is 0.398 e. The highest BCUT2D eigenvalue weighted by molar-refractivity contribution is 5.46. The third-order valence-corrected chi connectivity index (χ3v) is 3.40. The van der Waals surface area contributed by atoms with E-state index in [0.717, 1.165) is 12.2 Å². The van der Waals surface area contributed by atoms with Crippen molar-refractivity contribution in [3.8, 4) is 0 Å². The number of benzene rings is 1. The van der Waals surface area contributed by atoms with Crippen LogP contribution in [0.25, 0.3) is 0 Å². The van der Waals surface area contributed by atoms with Crippen LogP contribution in [0, 0.1) is 0 Å². The lowest BCUT2D eigenvalue weighted by Crippen LogP contribution is -2.27. The molecule has 0 atom stereocenters. The lowest BCUT2D eigenvalue weighted by atomic mass is 10.1. The predicted molar refractivity (Wildman–Crippen MR) is 69.2 cm³/mol. The lowest BCUT2D eigenvalue weighted by Gasteiger charge is -2.25. The molecule has 0 unspecified atom stereocenters. The van der Waals surface area contributed by atoms with E-state index in [2.05, 4.69) is 17.0 Å². The molecule has 2 rings (SSSR count). The van der Waals surface area contributed by atoms with Crippen LogP contribution in [-0.2, 0) is 6.54 Å². The second-order valence-corrected chi connectivity index (χ2v) is 4.74. The van der Waals surface area contributed by atoms with Crippen LogP contribution in [0.2, 0.25) is 0 Å². The van der Waals surface area contributed by atoms with Gasteiger partial charge in [0.15, 0.2) is 0 Å². The SMILES string of the molecule is Nc1ccccc1CN1CCCCCCC1. The zero-order chi connectivity index (χ0) is 11.2.